The number of aryl methyl sites for hydroxylation is 1. The molecule has 0 spiro atoms. The third-order valence-corrected chi connectivity index (χ3v) is 4.78. The molecule has 3 heteroatoms. The van der Waals surface area contributed by atoms with Crippen LogP contribution in [0.25, 0.3) is 10.1 Å². The summed E-state index contributed by atoms with van der Waals surface area (Å²) in [5.41, 5.74) is 1.49. The molecular weight excluding hydrogens is 242 g/mol. The van der Waals surface area contributed by atoms with Gasteiger partial charge in [-0.2, -0.15) is 0 Å². The normalized spacial score (nSPS) is 15.2. The Kier molecular flexibility index (Phi) is 3.27. The van der Waals surface area contributed by atoms with Crippen LogP contribution in [0.3, 0.4) is 0 Å². The lowest BCUT2D eigenvalue weighted by atomic mass is 10.1. The van der Waals surface area contributed by atoms with Gasteiger partial charge in [-0.3, -0.25) is 0 Å². The number of thiophene rings is 1. The van der Waals surface area contributed by atoms with Gasteiger partial charge >= 0.3 is 0 Å². The minimum atomic E-state index is 0.773. The van der Waals surface area contributed by atoms with Gasteiger partial charge in [0.2, 0.25) is 0 Å². The summed E-state index contributed by atoms with van der Waals surface area (Å²) >= 11 is 1.92. The molecule has 96 valence electrons. The van der Waals surface area contributed by atoms with Gasteiger partial charge in [-0.05, 0) is 48.4 Å². The van der Waals surface area contributed by atoms with Crippen molar-refractivity contribution in [3.63, 3.8) is 0 Å². The lowest BCUT2D eigenvalue weighted by Gasteiger charge is -2.04. The Morgan fingerprint density at radius 3 is 2.89 bits per heavy atom. The van der Waals surface area contributed by atoms with E-state index in [-0.39, 0.29) is 0 Å². The number of hydrogen-bond acceptors (Lipinski definition) is 3. The molecule has 0 amide bonds. The van der Waals surface area contributed by atoms with Crippen molar-refractivity contribution in [1.29, 1.82) is 0 Å². The summed E-state index contributed by atoms with van der Waals surface area (Å²) in [4.78, 5) is 1.49. The van der Waals surface area contributed by atoms with Crippen LogP contribution in [0.2, 0.25) is 0 Å². The summed E-state index contributed by atoms with van der Waals surface area (Å²) in [6.07, 6.45) is 3.79. The Bertz CT molecular complexity index is 557. The quantitative estimate of drug-likeness (QED) is 0.885. The highest BCUT2D eigenvalue weighted by atomic mass is 32.1. The monoisotopic (exact) mass is 261 g/mol. The minimum Gasteiger partial charge on any atom is -0.497 e. The SMILES string of the molecule is CCc1c(CNC2CC2)sc2ccc(OC)cc12. The lowest BCUT2D eigenvalue weighted by molar-refractivity contribution is 0.415. The second-order valence-corrected chi connectivity index (χ2v) is 6.01. The maximum Gasteiger partial charge on any atom is 0.119 e. The van der Waals surface area contributed by atoms with Crippen LogP contribution in [0, 0.1) is 0 Å². The highest BCUT2D eigenvalue weighted by Crippen LogP contribution is 2.34. The van der Waals surface area contributed by atoms with Gasteiger partial charge in [0.15, 0.2) is 0 Å². The zero-order chi connectivity index (χ0) is 12.5. The first-order valence-electron chi connectivity index (χ1n) is 6.63. The summed E-state index contributed by atoms with van der Waals surface area (Å²) in [6.45, 7) is 3.26. The first kappa shape index (κ1) is 12.0. The molecule has 0 atom stereocenters. The summed E-state index contributed by atoms with van der Waals surface area (Å²) in [5.74, 6) is 0.955. The van der Waals surface area contributed by atoms with E-state index < -0.39 is 0 Å². The number of methoxy groups -OCH3 is 1. The van der Waals surface area contributed by atoms with Crippen LogP contribution >= 0.6 is 11.3 Å². The van der Waals surface area contributed by atoms with Gasteiger partial charge in [-0.15, -0.1) is 11.3 Å². The Morgan fingerprint density at radius 2 is 2.22 bits per heavy atom. The summed E-state index contributed by atoms with van der Waals surface area (Å²) in [5, 5.41) is 4.99. The maximum atomic E-state index is 5.33. The van der Waals surface area contributed by atoms with E-state index in [1.165, 1.54) is 33.4 Å². The van der Waals surface area contributed by atoms with Gasteiger partial charge in [0.05, 0.1) is 7.11 Å². The van der Waals surface area contributed by atoms with Crippen molar-refractivity contribution in [2.45, 2.75) is 38.8 Å². The van der Waals surface area contributed by atoms with Gasteiger partial charge in [-0.1, -0.05) is 6.92 Å². The first-order valence-corrected chi connectivity index (χ1v) is 7.45. The van der Waals surface area contributed by atoms with Crippen molar-refractivity contribution in [1.82, 2.24) is 5.32 Å². The molecule has 3 rings (SSSR count). The zero-order valence-electron chi connectivity index (χ0n) is 11.0. The van der Waals surface area contributed by atoms with Crippen molar-refractivity contribution in [3.05, 3.63) is 28.6 Å². The number of nitrogens with one attached hydrogen (secondary N) is 1. The van der Waals surface area contributed by atoms with Crippen LogP contribution in [-0.2, 0) is 13.0 Å². The van der Waals surface area contributed by atoms with E-state index >= 15 is 0 Å². The molecule has 0 bridgehead atoms. The molecule has 1 aromatic heterocycles. The molecule has 1 heterocycles. The summed E-state index contributed by atoms with van der Waals surface area (Å²) in [7, 11) is 1.73. The van der Waals surface area contributed by atoms with Crippen LogP contribution < -0.4 is 10.1 Å². The molecule has 1 aliphatic rings. The van der Waals surface area contributed by atoms with Crippen LogP contribution in [0.1, 0.15) is 30.2 Å². The van der Waals surface area contributed by atoms with E-state index in [0.717, 1.165) is 24.8 Å². The maximum absolute atomic E-state index is 5.33. The molecule has 1 aromatic carbocycles. The molecule has 1 N–H and O–H groups in total. The Morgan fingerprint density at radius 1 is 1.39 bits per heavy atom. The fraction of sp³-hybridized carbons (Fsp3) is 0.467. The van der Waals surface area contributed by atoms with E-state index in [0.29, 0.717) is 0 Å². The fourth-order valence-electron chi connectivity index (χ4n) is 2.36. The van der Waals surface area contributed by atoms with E-state index in [9.17, 15) is 0 Å². The van der Waals surface area contributed by atoms with Gasteiger partial charge in [0.1, 0.15) is 5.75 Å². The topological polar surface area (TPSA) is 21.3 Å². The highest BCUT2D eigenvalue weighted by molar-refractivity contribution is 7.19. The summed E-state index contributed by atoms with van der Waals surface area (Å²) in [6, 6.07) is 7.18. The van der Waals surface area contributed by atoms with Crippen molar-refractivity contribution in [2.24, 2.45) is 0 Å². The molecule has 2 aromatic rings. The molecular formula is C15H19NOS. The number of rotatable bonds is 5. The van der Waals surface area contributed by atoms with Crippen LogP contribution in [0.15, 0.2) is 18.2 Å². The predicted molar refractivity (Wildman–Crippen MR) is 77.6 cm³/mol. The average molecular weight is 261 g/mol. The minimum absolute atomic E-state index is 0.773. The first-order chi connectivity index (χ1) is 8.81. The molecule has 2 nitrogen and oxygen atoms in total. The largest absolute Gasteiger partial charge is 0.497 e. The van der Waals surface area contributed by atoms with Gasteiger partial charge in [0.25, 0.3) is 0 Å². The molecule has 18 heavy (non-hydrogen) atoms. The second kappa shape index (κ2) is 4.90. The standard InChI is InChI=1S/C15H19NOS/c1-3-12-13-8-11(17-2)6-7-14(13)18-15(12)9-16-10-4-5-10/h6-8,10,16H,3-5,9H2,1-2H3. The van der Waals surface area contributed by atoms with Crippen LogP contribution in [0.4, 0.5) is 0 Å². The van der Waals surface area contributed by atoms with Crippen LogP contribution in [-0.4, -0.2) is 13.2 Å². The molecule has 1 saturated carbocycles. The van der Waals surface area contributed by atoms with Gasteiger partial charge in [-0.25, -0.2) is 0 Å². The van der Waals surface area contributed by atoms with E-state index in [1.807, 2.05) is 11.3 Å². The fourth-order valence-corrected chi connectivity index (χ4v) is 3.59. The summed E-state index contributed by atoms with van der Waals surface area (Å²) < 4.78 is 6.70. The zero-order valence-corrected chi connectivity index (χ0v) is 11.8. The van der Waals surface area contributed by atoms with E-state index in [2.05, 4.69) is 30.4 Å². The van der Waals surface area contributed by atoms with Crippen molar-refractivity contribution in [2.75, 3.05) is 7.11 Å². The number of hydrogen-bond donors (Lipinski definition) is 1. The smallest absolute Gasteiger partial charge is 0.119 e. The number of fused-ring (bicyclic) bond motifs is 1. The van der Waals surface area contributed by atoms with Crippen molar-refractivity contribution in [3.8, 4) is 5.75 Å². The highest BCUT2D eigenvalue weighted by Gasteiger charge is 2.21. The average Bonchev–Trinajstić information content (AvgIpc) is 3.16. The Labute approximate surface area is 112 Å². The Hall–Kier alpha value is -1.06. The van der Waals surface area contributed by atoms with Crippen LogP contribution in [0.5, 0.6) is 5.75 Å². The molecule has 0 unspecified atom stereocenters. The third kappa shape index (κ3) is 2.25. The molecule has 0 radical (unpaired) electrons. The number of benzene rings is 1. The molecule has 0 aliphatic heterocycles. The Balaban J connectivity index is 1.96. The molecule has 0 saturated heterocycles. The lowest BCUT2D eigenvalue weighted by Crippen LogP contribution is -2.15. The van der Waals surface area contributed by atoms with Gasteiger partial charge < -0.3 is 10.1 Å². The molecule has 1 fully saturated rings. The second-order valence-electron chi connectivity index (χ2n) is 4.87. The van der Waals surface area contributed by atoms with E-state index in [1.54, 1.807) is 7.11 Å². The van der Waals surface area contributed by atoms with Crippen molar-refractivity contribution < 1.29 is 4.74 Å². The predicted octanol–water partition coefficient (Wildman–Crippen LogP) is 3.72. The third-order valence-electron chi connectivity index (χ3n) is 3.56. The van der Waals surface area contributed by atoms with Gasteiger partial charge in [0, 0.05) is 22.2 Å². The molecule has 1 aliphatic carbocycles. The van der Waals surface area contributed by atoms with Crippen molar-refractivity contribution >= 4 is 21.4 Å². The van der Waals surface area contributed by atoms with E-state index in [4.69, 9.17) is 4.74 Å². The number of ether oxygens (including phenoxy) is 1.